The van der Waals surface area contributed by atoms with Crippen molar-refractivity contribution >= 4 is 65.0 Å². The summed E-state index contributed by atoms with van der Waals surface area (Å²) in [6.07, 6.45) is -0.800. The Hall–Kier alpha value is -6.11. The Labute approximate surface area is 469 Å². The van der Waals surface area contributed by atoms with E-state index in [0.717, 1.165) is 19.3 Å². The SMILES string of the molecule is CCC(C)CCCCC(=O)NC(CCN)C(=O)NC(C(=O)NC(CCN)C(=O)NC1CCNC(=O)C(C(C)O)NC(=O)C(CCN)NC(=O)C(CCN)NC(=O)C(CC)NC(=O)C(CC(C)C)NC(=O)C(CCN)NC1=O)C(C)O. The summed E-state index contributed by atoms with van der Waals surface area (Å²) in [7, 11) is 0. The van der Waals surface area contributed by atoms with Crippen molar-refractivity contribution < 1.29 is 63.0 Å². The number of nitrogens with one attached hydrogen (secondary N) is 11. The first-order valence-electron chi connectivity index (χ1n) is 28.0. The van der Waals surface area contributed by atoms with Gasteiger partial charge >= 0.3 is 0 Å². The summed E-state index contributed by atoms with van der Waals surface area (Å²) in [6, 6.07) is -14.5. The number of hydrogen-bond acceptors (Lipinski definition) is 18. The molecular formula is C51H96N16O13. The maximum Gasteiger partial charge on any atom is 0.245 e. The van der Waals surface area contributed by atoms with Crippen LogP contribution in [0.15, 0.2) is 0 Å². The van der Waals surface area contributed by atoms with Crippen LogP contribution in [0, 0.1) is 11.8 Å². The number of hydrogen-bond donors (Lipinski definition) is 18. The molecule has 1 fully saturated rings. The van der Waals surface area contributed by atoms with Gasteiger partial charge in [0.25, 0.3) is 0 Å². The van der Waals surface area contributed by atoms with E-state index in [0.29, 0.717) is 12.3 Å². The molecule has 1 heterocycles. The van der Waals surface area contributed by atoms with Gasteiger partial charge < -0.3 is 97.4 Å². The molecule has 13 unspecified atom stereocenters. The zero-order valence-corrected chi connectivity index (χ0v) is 47.8. The minimum atomic E-state index is -1.69. The molecule has 1 saturated heterocycles. The van der Waals surface area contributed by atoms with Crippen molar-refractivity contribution in [3.05, 3.63) is 0 Å². The second-order valence-corrected chi connectivity index (χ2v) is 20.8. The summed E-state index contributed by atoms with van der Waals surface area (Å²) in [6.45, 7) is 10.6. The van der Waals surface area contributed by atoms with Gasteiger partial charge in [-0.3, -0.25) is 52.7 Å². The van der Waals surface area contributed by atoms with Crippen molar-refractivity contribution in [3.8, 4) is 0 Å². The zero-order chi connectivity index (χ0) is 60.6. The van der Waals surface area contributed by atoms with Crippen LogP contribution in [0.5, 0.6) is 0 Å². The highest BCUT2D eigenvalue weighted by atomic mass is 16.3. The van der Waals surface area contributed by atoms with E-state index in [1.807, 2.05) is 0 Å². The van der Waals surface area contributed by atoms with Gasteiger partial charge in [-0.2, -0.15) is 0 Å². The van der Waals surface area contributed by atoms with Crippen molar-refractivity contribution in [3.63, 3.8) is 0 Å². The van der Waals surface area contributed by atoms with Gasteiger partial charge in [-0.25, -0.2) is 0 Å². The number of aliphatic hydroxyl groups is 2. The topological polar surface area (TPSA) is 491 Å². The molecular weight excluding hydrogens is 1040 g/mol. The number of amides is 11. The van der Waals surface area contributed by atoms with E-state index < -0.39 is 151 Å². The standard InChI is InChI=1S/C51H96N16O13/c1-8-28(5)12-10-11-13-39(70)58-32(14-20-52)47(76)67-41(30(7)69)51(80)64-35(17-23-55)44(73)63-37-19-25-57-50(79)40(29(6)68)66-48(77)36(18-24-56)62-43(72)33(15-21-53)60-42(71)31(9-2)59-49(78)38(26-27(3)4)65-45(74)34(16-22-54)61-46(37)75/h27-38,40-41,68-69H,8-26,52-56H2,1-7H3,(H,57,79)(H,58,70)(H,59,78)(H,60,71)(H,61,75)(H,62,72)(H,63,73)(H,64,80)(H,65,74)(H,66,77)(H,67,76). The highest BCUT2D eigenvalue weighted by Crippen LogP contribution is 2.13. The van der Waals surface area contributed by atoms with Gasteiger partial charge in [-0.05, 0) is 116 Å². The van der Waals surface area contributed by atoms with E-state index in [-0.39, 0.29) is 90.0 Å². The maximum atomic E-state index is 14.4. The fraction of sp³-hybridized carbons (Fsp3) is 0.784. The van der Waals surface area contributed by atoms with Gasteiger partial charge in [-0.1, -0.05) is 53.9 Å². The van der Waals surface area contributed by atoms with E-state index in [4.69, 9.17) is 28.7 Å². The van der Waals surface area contributed by atoms with Crippen LogP contribution in [0.2, 0.25) is 0 Å². The molecule has 29 nitrogen and oxygen atoms in total. The third-order valence-electron chi connectivity index (χ3n) is 13.4. The minimum absolute atomic E-state index is 0.0125. The highest BCUT2D eigenvalue weighted by Gasteiger charge is 2.37. The van der Waals surface area contributed by atoms with Crippen molar-refractivity contribution in [2.45, 2.75) is 205 Å². The molecule has 0 spiro atoms. The van der Waals surface area contributed by atoms with E-state index >= 15 is 0 Å². The van der Waals surface area contributed by atoms with Crippen LogP contribution in [0.1, 0.15) is 132 Å². The van der Waals surface area contributed by atoms with E-state index in [2.05, 4.69) is 72.3 Å². The molecule has 13 atom stereocenters. The van der Waals surface area contributed by atoms with E-state index in [1.54, 1.807) is 20.8 Å². The molecule has 0 aromatic heterocycles. The number of nitrogens with two attached hydrogens (primary N) is 5. The van der Waals surface area contributed by atoms with Crippen molar-refractivity contribution in [1.82, 2.24) is 58.5 Å². The summed E-state index contributed by atoms with van der Waals surface area (Å²) >= 11 is 0. The van der Waals surface area contributed by atoms with Crippen molar-refractivity contribution in [1.29, 1.82) is 0 Å². The van der Waals surface area contributed by atoms with Gasteiger partial charge in [0, 0.05) is 13.0 Å². The molecule has 1 aliphatic rings. The van der Waals surface area contributed by atoms with Gasteiger partial charge in [0.1, 0.15) is 60.4 Å². The molecule has 1 aliphatic heterocycles. The smallest absolute Gasteiger partial charge is 0.245 e. The van der Waals surface area contributed by atoms with Gasteiger partial charge in [0.15, 0.2) is 0 Å². The largest absolute Gasteiger partial charge is 0.391 e. The Morgan fingerprint density at radius 1 is 0.550 bits per heavy atom. The van der Waals surface area contributed by atoms with Crippen LogP contribution in [0.25, 0.3) is 0 Å². The van der Waals surface area contributed by atoms with E-state index in [9.17, 15) is 63.0 Å². The quantitative estimate of drug-likeness (QED) is 0.0324. The second kappa shape index (κ2) is 38.5. The van der Waals surface area contributed by atoms with E-state index in [1.165, 1.54) is 13.8 Å². The third-order valence-corrected chi connectivity index (χ3v) is 13.4. The first kappa shape index (κ1) is 71.9. The average Bonchev–Trinajstić information content (AvgIpc) is 3.39. The molecule has 0 bridgehead atoms. The van der Waals surface area contributed by atoms with Crippen LogP contribution in [-0.4, -0.2) is 187 Å². The van der Waals surface area contributed by atoms with Crippen LogP contribution >= 0.6 is 0 Å². The predicted octanol–water partition coefficient (Wildman–Crippen LogP) is -6.08. The number of carbonyl (C=O) groups excluding carboxylic acids is 11. The highest BCUT2D eigenvalue weighted by molar-refractivity contribution is 5.99. The molecule has 458 valence electrons. The first-order valence-corrected chi connectivity index (χ1v) is 28.0. The summed E-state index contributed by atoms with van der Waals surface area (Å²) in [5, 5.41) is 49.2. The lowest BCUT2D eigenvalue weighted by Gasteiger charge is -2.29. The summed E-state index contributed by atoms with van der Waals surface area (Å²) < 4.78 is 0. The molecule has 11 amide bonds. The van der Waals surface area contributed by atoms with Crippen molar-refractivity contribution in [2.75, 3.05) is 39.3 Å². The van der Waals surface area contributed by atoms with Gasteiger partial charge in [-0.15, -0.1) is 0 Å². The molecule has 29 heteroatoms. The molecule has 0 saturated carbocycles. The fourth-order valence-electron chi connectivity index (χ4n) is 8.41. The molecule has 0 aromatic carbocycles. The summed E-state index contributed by atoms with van der Waals surface area (Å²) in [4.78, 5) is 152. The number of aliphatic hydroxyl groups excluding tert-OH is 2. The number of rotatable bonds is 28. The van der Waals surface area contributed by atoms with Crippen LogP contribution in [-0.2, 0) is 52.7 Å². The number of carbonyl (C=O) groups is 11. The molecule has 0 radical (unpaired) electrons. The Morgan fingerprint density at radius 3 is 1.50 bits per heavy atom. The lowest BCUT2D eigenvalue weighted by atomic mass is 10.0. The number of unbranched alkanes of at least 4 members (excludes halogenated alkanes) is 1. The molecule has 23 N–H and O–H groups in total. The average molecular weight is 1140 g/mol. The normalized spacial score (nSPS) is 23.6. The fourth-order valence-corrected chi connectivity index (χ4v) is 8.41. The Morgan fingerprint density at radius 2 is 1.02 bits per heavy atom. The lowest BCUT2D eigenvalue weighted by Crippen LogP contribution is -2.62. The summed E-state index contributed by atoms with van der Waals surface area (Å²) in [5.74, 6) is -9.32. The predicted molar refractivity (Wildman–Crippen MR) is 296 cm³/mol. The summed E-state index contributed by atoms with van der Waals surface area (Å²) in [5.41, 5.74) is 29.1. The third kappa shape index (κ3) is 26.0. The van der Waals surface area contributed by atoms with Crippen molar-refractivity contribution in [2.24, 2.45) is 40.5 Å². The van der Waals surface area contributed by atoms with Crippen LogP contribution in [0.4, 0.5) is 0 Å². The second-order valence-electron chi connectivity index (χ2n) is 20.8. The zero-order valence-electron chi connectivity index (χ0n) is 47.8. The Bertz CT molecular complexity index is 2020. The van der Waals surface area contributed by atoms with Gasteiger partial charge in [0.05, 0.1) is 12.2 Å². The molecule has 0 aliphatic carbocycles. The Balaban J connectivity index is 3.76. The molecule has 0 aromatic rings. The molecule has 80 heavy (non-hydrogen) atoms. The molecule has 1 rings (SSSR count). The van der Waals surface area contributed by atoms with Crippen LogP contribution < -0.4 is 87.2 Å². The Kier molecular flexibility index (Phi) is 34.6. The van der Waals surface area contributed by atoms with Crippen LogP contribution in [0.3, 0.4) is 0 Å². The minimum Gasteiger partial charge on any atom is -0.391 e. The monoisotopic (exact) mass is 1140 g/mol. The lowest BCUT2D eigenvalue weighted by molar-refractivity contribution is -0.137. The maximum absolute atomic E-state index is 14.4. The van der Waals surface area contributed by atoms with Gasteiger partial charge in [0.2, 0.25) is 65.0 Å². The first-order chi connectivity index (χ1) is 37.8.